The van der Waals surface area contributed by atoms with E-state index >= 15 is 0 Å². The second kappa shape index (κ2) is 3.73. The summed E-state index contributed by atoms with van der Waals surface area (Å²) in [6.45, 7) is 0. The molecule has 0 fully saturated rings. The van der Waals surface area contributed by atoms with E-state index in [4.69, 9.17) is 0 Å². The number of nitrogens with zero attached hydrogens (tertiary/aromatic N) is 2. The molecule has 1 aromatic heterocycles. The fourth-order valence-electron chi connectivity index (χ4n) is 0.985. The second-order valence-corrected chi connectivity index (χ2v) is 3.10. The number of esters is 1. The van der Waals surface area contributed by atoms with E-state index in [2.05, 4.69) is 21.4 Å². The summed E-state index contributed by atoms with van der Waals surface area (Å²) in [4.78, 5) is 11.0. The molecule has 84 valence electrons. The number of hydrogen-bond acceptors (Lipinski definition) is 3. The van der Waals surface area contributed by atoms with Crippen LogP contribution in [0.4, 0.5) is 13.2 Å². The van der Waals surface area contributed by atoms with Crippen molar-refractivity contribution < 1.29 is 22.7 Å². The SMILES string of the molecule is COC(=O)c1c(C(F)(F)Cl)nn(C)c1F. The molecule has 0 saturated heterocycles. The van der Waals surface area contributed by atoms with Crippen LogP contribution < -0.4 is 0 Å². The van der Waals surface area contributed by atoms with Crippen LogP contribution in [0.15, 0.2) is 0 Å². The second-order valence-electron chi connectivity index (χ2n) is 2.63. The maximum Gasteiger partial charge on any atom is 0.367 e. The van der Waals surface area contributed by atoms with E-state index < -0.39 is 28.6 Å². The number of carbonyl (C=O) groups is 1. The summed E-state index contributed by atoms with van der Waals surface area (Å²) in [5.74, 6) is -2.48. The van der Waals surface area contributed by atoms with Crippen molar-refractivity contribution in [3.8, 4) is 0 Å². The summed E-state index contributed by atoms with van der Waals surface area (Å²) in [5, 5.41) is -0.816. The Bertz CT molecular complexity index is 400. The van der Waals surface area contributed by atoms with Gasteiger partial charge < -0.3 is 4.74 Å². The molecule has 0 N–H and O–H groups in total. The van der Waals surface area contributed by atoms with E-state index in [1.165, 1.54) is 0 Å². The molecule has 4 nitrogen and oxygen atoms in total. The minimum Gasteiger partial charge on any atom is -0.465 e. The Morgan fingerprint density at radius 3 is 2.53 bits per heavy atom. The summed E-state index contributed by atoms with van der Waals surface area (Å²) in [6, 6.07) is 0. The first-order chi connectivity index (χ1) is 6.79. The largest absolute Gasteiger partial charge is 0.465 e. The molecule has 0 aliphatic heterocycles. The highest BCUT2D eigenvalue weighted by molar-refractivity contribution is 6.22. The summed E-state index contributed by atoms with van der Waals surface area (Å²) < 4.78 is 43.3. The molecule has 0 bridgehead atoms. The molecule has 1 heterocycles. The van der Waals surface area contributed by atoms with Crippen LogP contribution in [0.3, 0.4) is 0 Å². The van der Waals surface area contributed by atoms with E-state index in [0.717, 1.165) is 14.2 Å². The van der Waals surface area contributed by atoms with Gasteiger partial charge in [0.1, 0.15) is 5.56 Å². The monoisotopic (exact) mass is 242 g/mol. The van der Waals surface area contributed by atoms with Crippen LogP contribution in [0, 0.1) is 5.95 Å². The molecular formula is C7H6ClF3N2O2. The van der Waals surface area contributed by atoms with E-state index in [1.807, 2.05) is 0 Å². The number of hydrogen-bond donors (Lipinski definition) is 0. The first-order valence-corrected chi connectivity index (χ1v) is 4.04. The van der Waals surface area contributed by atoms with Gasteiger partial charge in [0.05, 0.1) is 7.11 Å². The van der Waals surface area contributed by atoms with Crippen LogP contribution in [-0.4, -0.2) is 22.9 Å². The summed E-state index contributed by atoms with van der Waals surface area (Å²) in [5.41, 5.74) is -2.11. The predicted octanol–water partition coefficient (Wildman–Crippen LogP) is 1.63. The molecule has 0 spiro atoms. The van der Waals surface area contributed by atoms with Crippen LogP contribution >= 0.6 is 11.6 Å². The first-order valence-electron chi connectivity index (χ1n) is 3.67. The molecule has 0 aromatic carbocycles. The quantitative estimate of drug-likeness (QED) is 0.585. The van der Waals surface area contributed by atoms with Gasteiger partial charge in [-0.2, -0.15) is 18.3 Å². The number of ether oxygens (including phenoxy) is 1. The lowest BCUT2D eigenvalue weighted by atomic mass is 10.2. The number of rotatable bonds is 2. The molecule has 8 heteroatoms. The molecule has 0 saturated carbocycles. The van der Waals surface area contributed by atoms with Crippen molar-refractivity contribution in [2.45, 2.75) is 5.38 Å². The van der Waals surface area contributed by atoms with Gasteiger partial charge in [-0.25, -0.2) is 9.48 Å². The minimum atomic E-state index is -3.92. The maximum atomic E-state index is 13.2. The van der Waals surface area contributed by atoms with Gasteiger partial charge in [-0.3, -0.25) is 0 Å². The van der Waals surface area contributed by atoms with Gasteiger partial charge in [0, 0.05) is 7.05 Å². The Balaban J connectivity index is 3.40. The predicted molar refractivity (Wildman–Crippen MR) is 44.3 cm³/mol. The molecule has 1 rings (SSSR count). The van der Waals surface area contributed by atoms with Gasteiger partial charge in [0.2, 0.25) is 5.95 Å². The van der Waals surface area contributed by atoms with Crippen LogP contribution in [0.1, 0.15) is 16.1 Å². The van der Waals surface area contributed by atoms with E-state index in [0.29, 0.717) is 4.68 Å². The Labute approximate surface area is 87.6 Å². The van der Waals surface area contributed by atoms with Gasteiger partial charge in [0.15, 0.2) is 5.69 Å². The van der Waals surface area contributed by atoms with Crippen LogP contribution in [0.5, 0.6) is 0 Å². The highest BCUT2D eigenvalue weighted by Crippen LogP contribution is 2.34. The zero-order valence-corrected chi connectivity index (χ0v) is 8.48. The molecule has 0 amide bonds. The highest BCUT2D eigenvalue weighted by Gasteiger charge is 2.40. The van der Waals surface area contributed by atoms with Crippen molar-refractivity contribution in [2.24, 2.45) is 7.05 Å². The molecule has 0 radical (unpaired) electrons. The molecular weight excluding hydrogens is 237 g/mol. The van der Waals surface area contributed by atoms with Crippen molar-refractivity contribution in [1.29, 1.82) is 0 Å². The Morgan fingerprint density at radius 1 is 1.60 bits per heavy atom. The molecule has 1 aromatic rings. The lowest BCUT2D eigenvalue weighted by molar-refractivity contribution is 0.0561. The standard InChI is InChI=1S/C7H6ClF3N2O2/c1-13-5(9)3(6(14)15-2)4(12-13)7(8,10)11/h1-2H3. The van der Waals surface area contributed by atoms with E-state index in [9.17, 15) is 18.0 Å². The third kappa shape index (κ3) is 2.06. The Morgan fingerprint density at radius 2 is 2.13 bits per heavy atom. The van der Waals surface area contributed by atoms with Gasteiger partial charge in [-0.05, 0) is 11.6 Å². The van der Waals surface area contributed by atoms with Gasteiger partial charge >= 0.3 is 11.4 Å². The van der Waals surface area contributed by atoms with Crippen molar-refractivity contribution in [2.75, 3.05) is 7.11 Å². The summed E-state index contributed by atoms with van der Waals surface area (Å²) in [6.07, 6.45) is 0. The fraction of sp³-hybridized carbons (Fsp3) is 0.429. The Hall–Kier alpha value is -1.24. The maximum absolute atomic E-state index is 13.2. The zero-order chi connectivity index (χ0) is 11.8. The lowest BCUT2D eigenvalue weighted by Crippen LogP contribution is -2.13. The number of methoxy groups -OCH3 is 1. The topological polar surface area (TPSA) is 44.1 Å². The van der Waals surface area contributed by atoms with Gasteiger partial charge in [0.25, 0.3) is 0 Å². The van der Waals surface area contributed by atoms with Crippen molar-refractivity contribution >= 4 is 17.6 Å². The number of aromatic nitrogens is 2. The average Bonchev–Trinajstić information content (AvgIpc) is 2.42. The van der Waals surface area contributed by atoms with Crippen LogP contribution in [0.25, 0.3) is 0 Å². The van der Waals surface area contributed by atoms with Gasteiger partial charge in [-0.15, -0.1) is 0 Å². The normalized spacial score (nSPS) is 11.6. The highest BCUT2D eigenvalue weighted by atomic mass is 35.5. The minimum absolute atomic E-state index is 0.484. The smallest absolute Gasteiger partial charge is 0.367 e. The van der Waals surface area contributed by atoms with Gasteiger partial charge in [-0.1, -0.05) is 0 Å². The van der Waals surface area contributed by atoms with Crippen molar-refractivity contribution in [3.63, 3.8) is 0 Å². The molecule has 0 aliphatic rings. The first kappa shape index (κ1) is 11.8. The molecule has 0 aliphatic carbocycles. The average molecular weight is 243 g/mol. The van der Waals surface area contributed by atoms with Crippen molar-refractivity contribution in [3.05, 3.63) is 17.2 Å². The molecule has 0 unspecified atom stereocenters. The lowest BCUT2D eigenvalue weighted by Gasteiger charge is -2.05. The summed E-state index contributed by atoms with van der Waals surface area (Å²) >= 11 is 4.67. The fourth-order valence-corrected chi connectivity index (χ4v) is 1.12. The number of carbonyl (C=O) groups excluding carboxylic acids is 1. The van der Waals surface area contributed by atoms with E-state index in [1.54, 1.807) is 0 Å². The molecule has 0 atom stereocenters. The number of alkyl halides is 3. The summed E-state index contributed by atoms with van der Waals surface area (Å²) in [7, 11) is 2.00. The van der Waals surface area contributed by atoms with Crippen molar-refractivity contribution in [1.82, 2.24) is 9.78 Å². The number of halogens is 4. The molecule has 15 heavy (non-hydrogen) atoms. The third-order valence-electron chi connectivity index (χ3n) is 1.64. The number of aryl methyl sites for hydroxylation is 1. The zero-order valence-electron chi connectivity index (χ0n) is 7.72. The Kier molecular flexibility index (Phi) is 2.94. The van der Waals surface area contributed by atoms with Crippen LogP contribution in [-0.2, 0) is 17.2 Å². The van der Waals surface area contributed by atoms with E-state index in [-0.39, 0.29) is 0 Å². The third-order valence-corrected chi connectivity index (χ3v) is 1.81. The van der Waals surface area contributed by atoms with Crippen LogP contribution in [0.2, 0.25) is 0 Å².